The second-order valence-electron chi connectivity index (χ2n) is 8.12. The van der Waals surface area contributed by atoms with Gasteiger partial charge in [0, 0.05) is 23.5 Å². The number of hydrogen-bond donors (Lipinski definition) is 1. The average molecular weight is 419 g/mol. The number of aromatic nitrogens is 1. The first kappa shape index (κ1) is 18.1. The number of imide groups is 1. The maximum atomic E-state index is 13.7. The zero-order chi connectivity index (χ0) is 21.3. The molecular weight excluding hydrogens is 398 g/mol. The molecule has 0 radical (unpaired) electrons. The molecule has 3 amide bonds. The van der Waals surface area contributed by atoms with E-state index in [1.165, 1.54) is 4.90 Å². The Morgan fingerprint density at radius 3 is 2.68 bits per heavy atom. The van der Waals surface area contributed by atoms with Crippen molar-refractivity contribution in [2.24, 2.45) is 0 Å². The van der Waals surface area contributed by atoms with Gasteiger partial charge in [-0.05, 0) is 49.2 Å². The number of hydrogen-bond acceptors (Lipinski definition) is 5. The number of nitrogens with zero attached hydrogens (tertiary/aromatic N) is 2. The minimum atomic E-state index is -1.11. The molecule has 2 aromatic carbocycles. The Labute approximate surface area is 178 Å². The lowest BCUT2D eigenvalue weighted by Gasteiger charge is -2.35. The summed E-state index contributed by atoms with van der Waals surface area (Å²) in [5.74, 6) is 1.63. The van der Waals surface area contributed by atoms with Crippen LogP contribution in [0.3, 0.4) is 0 Å². The molecule has 0 bridgehead atoms. The summed E-state index contributed by atoms with van der Waals surface area (Å²) < 4.78 is 16.6. The predicted octanol–water partition coefficient (Wildman–Crippen LogP) is 3.19. The first-order valence-electron chi connectivity index (χ1n) is 10.3. The molecule has 4 heterocycles. The Morgan fingerprint density at radius 1 is 1.06 bits per heavy atom. The number of rotatable bonds is 2. The van der Waals surface area contributed by atoms with Crippen LogP contribution >= 0.6 is 0 Å². The van der Waals surface area contributed by atoms with E-state index < -0.39 is 5.54 Å². The molecule has 1 atom stereocenters. The van der Waals surface area contributed by atoms with E-state index in [0.717, 1.165) is 27.9 Å². The van der Waals surface area contributed by atoms with Gasteiger partial charge in [-0.1, -0.05) is 0 Å². The van der Waals surface area contributed by atoms with Gasteiger partial charge in [0.25, 0.3) is 5.91 Å². The van der Waals surface area contributed by atoms with Gasteiger partial charge in [0.15, 0.2) is 17.0 Å². The summed E-state index contributed by atoms with van der Waals surface area (Å²) in [5, 5.41) is 1.02. The van der Waals surface area contributed by atoms with Crippen LogP contribution < -0.4 is 19.1 Å². The Balaban J connectivity index is 1.47. The largest absolute Gasteiger partial charge is 0.497 e. The Morgan fingerprint density at radius 2 is 1.87 bits per heavy atom. The van der Waals surface area contributed by atoms with Gasteiger partial charge in [-0.15, -0.1) is 0 Å². The fourth-order valence-corrected chi connectivity index (χ4v) is 4.94. The molecule has 1 saturated heterocycles. The number of nitrogens with one attached hydrogen (secondary N) is 1. The molecule has 1 fully saturated rings. The van der Waals surface area contributed by atoms with Crippen LogP contribution in [0.15, 0.2) is 36.4 Å². The summed E-state index contributed by atoms with van der Waals surface area (Å²) in [7, 11) is 1.63. The first-order chi connectivity index (χ1) is 15.0. The number of methoxy groups -OCH3 is 1. The smallest absolute Gasteiger partial charge is 0.332 e. The summed E-state index contributed by atoms with van der Waals surface area (Å²) in [6.45, 7) is 3.19. The second-order valence-corrected chi connectivity index (χ2v) is 8.12. The van der Waals surface area contributed by atoms with E-state index in [4.69, 9.17) is 14.2 Å². The van der Waals surface area contributed by atoms with E-state index in [1.54, 1.807) is 30.2 Å². The zero-order valence-electron chi connectivity index (χ0n) is 17.2. The fraction of sp³-hybridized carbons (Fsp3) is 0.304. The number of H-pyrrole nitrogens is 1. The molecule has 3 aliphatic heterocycles. The van der Waals surface area contributed by atoms with Crippen LogP contribution in [-0.4, -0.2) is 48.7 Å². The van der Waals surface area contributed by atoms with E-state index in [9.17, 15) is 9.59 Å². The molecule has 1 N–H and O–H groups in total. The van der Waals surface area contributed by atoms with Gasteiger partial charge in [-0.3, -0.25) is 4.79 Å². The average Bonchev–Trinajstić information content (AvgIpc) is 3.26. The van der Waals surface area contributed by atoms with Crippen LogP contribution in [0, 0.1) is 0 Å². The van der Waals surface area contributed by atoms with Gasteiger partial charge in [0.1, 0.15) is 19.0 Å². The summed E-state index contributed by atoms with van der Waals surface area (Å²) >= 11 is 0. The van der Waals surface area contributed by atoms with Crippen LogP contribution in [0.5, 0.6) is 17.2 Å². The summed E-state index contributed by atoms with van der Waals surface area (Å²) in [6, 6.07) is 10.6. The maximum absolute atomic E-state index is 13.7. The van der Waals surface area contributed by atoms with E-state index in [2.05, 4.69) is 4.98 Å². The van der Waals surface area contributed by atoms with Crippen LogP contribution in [-0.2, 0) is 16.8 Å². The van der Waals surface area contributed by atoms with Crippen molar-refractivity contribution in [1.82, 2.24) is 9.88 Å². The Kier molecular flexibility index (Phi) is 3.60. The molecule has 3 aliphatic rings. The molecule has 6 rings (SSSR count). The third-order valence-electron chi connectivity index (χ3n) is 6.55. The van der Waals surface area contributed by atoms with Crippen LogP contribution in [0.2, 0.25) is 0 Å². The topological polar surface area (TPSA) is 84.1 Å². The van der Waals surface area contributed by atoms with E-state index >= 15 is 0 Å². The van der Waals surface area contributed by atoms with Crippen LogP contribution in [0.4, 0.5) is 10.5 Å². The summed E-state index contributed by atoms with van der Waals surface area (Å²) in [5.41, 5.74) is 2.11. The van der Waals surface area contributed by atoms with E-state index in [0.29, 0.717) is 43.4 Å². The van der Waals surface area contributed by atoms with Crippen molar-refractivity contribution >= 4 is 28.5 Å². The number of ether oxygens (including phenoxy) is 3. The number of urea groups is 1. The van der Waals surface area contributed by atoms with E-state index in [-0.39, 0.29) is 11.9 Å². The van der Waals surface area contributed by atoms with Gasteiger partial charge in [0.05, 0.1) is 18.5 Å². The SMILES string of the molecule is COc1ccc2[nH]c3c(c2c1)CCN1C(=O)N(c2ccc4c(c2)OCCO4)C(=O)[C@@]31C. The van der Waals surface area contributed by atoms with Gasteiger partial charge < -0.3 is 24.1 Å². The Bertz CT molecular complexity index is 1270. The Hall–Kier alpha value is -3.68. The van der Waals surface area contributed by atoms with Gasteiger partial charge in [-0.25, -0.2) is 9.69 Å². The van der Waals surface area contributed by atoms with E-state index in [1.807, 2.05) is 25.1 Å². The van der Waals surface area contributed by atoms with Crippen LogP contribution in [0.25, 0.3) is 10.9 Å². The monoisotopic (exact) mass is 419 g/mol. The number of fused-ring (bicyclic) bond motifs is 6. The maximum Gasteiger partial charge on any atom is 0.332 e. The van der Waals surface area contributed by atoms with Crippen molar-refractivity contribution in [3.05, 3.63) is 47.7 Å². The molecule has 8 nitrogen and oxygen atoms in total. The highest BCUT2D eigenvalue weighted by Crippen LogP contribution is 2.46. The summed E-state index contributed by atoms with van der Waals surface area (Å²) in [6.07, 6.45) is 0.659. The van der Waals surface area contributed by atoms with Crippen molar-refractivity contribution in [3.63, 3.8) is 0 Å². The predicted molar refractivity (Wildman–Crippen MR) is 113 cm³/mol. The summed E-state index contributed by atoms with van der Waals surface area (Å²) in [4.78, 5) is 33.4. The van der Waals surface area contributed by atoms with Crippen molar-refractivity contribution in [2.45, 2.75) is 18.9 Å². The molecule has 0 aliphatic carbocycles. The highest BCUT2D eigenvalue weighted by atomic mass is 16.6. The van der Waals surface area contributed by atoms with Gasteiger partial charge >= 0.3 is 6.03 Å². The second kappa shape index (κ2) is 6.16. The number of anilines is 1. The minimum Gasteiger partial charge on any atom is -0.497 e. The standard InChI is InChI=1S/C23H21N3O5/c1-23-20-15(16-12-14(29-2)4-5-17(16)24-20)7-8-25(23)22(28)26(21(23)27)13-3-6-18-19(11-13)31-10-9-30-18/h3-6,11-12,24H,7-10H2,1-2H3/t23-/m1/s1. The minimum absolute atomic E-state index is 0.284. The number of carbonyl (C=O) groups is 2. The molecule has 158 valence electrons. The normalized spacial score (nSPS) is 22.0. The molecule has 0 unspecified atom stereocenters. The molecule has 1 aromatic heterocycles. The van der Waals surface area contributed by atoms with Crippen molar-refractivity contribution in [3.8, 4) is 17.2 Å². The highest BCUT2D eigenvalue weighted by molar-refractivity contribution is 6.23. The molecule has 3 aromatic rings. The van der Waals surface area contributed by atoms with Crippen molar-refractivity contribution in [1.29, 1.82) is 0 Å². The fourth-order valence-electron chi connectivity index (χ4n) is 4.94. The lowest BCUT2D eigenvalue weighted by molar-refractivity contribution is -0.125. The van der Waals surface area contributed by atoms with Gasteiger partial charge in [-0.2, -0.15) is 0 Å². The lowest BCUT2D eigenvalue weighted by Crippen LogP contribution is -2.49. The molecule has 31 heavy (non-hydrogen) atoms. The number of aromatic amines is 1. The third-order valence-corrected chi connectivity index (χ3v) is 6.55. The quantitative estimate of drug-likeness (QED) is 0.645. The molecular formula is C23H21N3O5. The van der Waals surface area contributed by atoms with Gasteiger partial charge in [0.2, 0.25) is 0 Å². The number of carbonyl (C=O) groups excluding carboxylic acids is 2. The highest BCUT2D eigenvalue weighted by Gasteiger charge is 2.59. The molecule has 0 saturated carbocycles. The van der Waals surface area contributed by atoms with Crippen molar-refractivity contribution < 1.29 is 23.8 Å². The first-order valence-corrected chi connectivity index (χ1v) is 10.3. The number of amides is 3. The van der Waals surface area contributed by atoms with Crippen LogP contribution in [0.1, 0.15) is 18.2 Å². The molecule has 0 spiro atoms. The lowest BCUT2D eigenvalue weighted by atomic mass is 9.87. The number of benzene rings is 2. The third kappa shape index (κ3) is 2.30. The van der Waals surface area contributed by atoms with Crippen molar-refractivity contribution in [2.75, 3.05) is 31.8 Å². The zero-order valence-corrected chi connectivity index (χ0v) is 17.2. The molecule has 8 heteroatoms.